The Hall–Kier alpha value is -2.57. The number of nitrogens with one attached hydrogen (secondary N) is 2. The van der Waals surface area contributed by atoms with Crippen molar-refractivity contribution in [2.45, 2.75) is 50.0 Å². The van der Waals surface area contributed by atoms with E-state index in [1.165, 1.54) is 0 Å². The van der Waals surface area contributed by atoms with Crippen LogP contribution in [-0.2, 0) is 10.2 Å². The number of H-pyrrole nitrogens is 1. The van der Waals surface area contributed by atoms with Crippen molar-refractivity contribution in [2.24, 2.45) is 0 Å². The van der Waals surface area contributed by atoms with E-state index in [1.54, 1.807) is 0 Å². The van der Waals surface area contributed by atoms with Crippen molar-refractivity contribution in [1.29, 1.82) is 0 Å². The first-order valence-corrected chi connectivity index (χ1v) is 11.5. The van der Waals surface area contributed by atoms with Gasteiger partial charge in [-0.25, -0.2) is 4.98 Å². The molecule has 2 aliphatic heterocycles. The Labute approximate surface area is 185 Å². The Kier molecular flexibility index (Phi) is 4.30. The Morgan fingerprint density at radius 2 is 2.16 bits per heavy atom. The number of fused-ring (bicyclic) bond motifs is 3. The number of carbonyl (C=O) groups excluding carboxylic acids is 1. The number of hydrogen-bond donors (Lipinski definition) is 3. The topological polar surface area (TPSA) is 81.2 Å². The molecular weight excluding hydrogens is 412 g/mol. The Morgan fingerprint density at radius 1 is 1.26 bits per heavy atom. The van der Waals surface area contributed by atoms with Crippen molar-refractivity contribution in [3.8, 4) is 11.1 Å². The Balaban J connectivity index is 1.48. The molecule has 3 N–H and O–H groups in total. The number of halogens is 1. The zero-order chi connectivity index (χ0) is 21.2. The van der Waals surface area contributed by atoms with Gasteiger partial charge in [-0.3, -0.25) is 4.79 Å². The molecule has 1 aliphatic carbocycles. The number of nitrogens with zero attached hydrogens (tertiary/aromatic N) is 2. The van der Waals surface area contributed by atoms with Gasteiger partial charge in [0.05, 0.1) is 22.3 Å². The highest BCUT2D eigenvalue weighted by Gasteiger charge is 2.47. The second-order valence-corrected chi connectivity index (χ2v) is 9.52. The SMILES string of the molecule is O=C1CCCCN1c1cccc2c(-c3cnc4c(c3Cl)[C@@]3(CC[C@@H](O)C3)CN4)c[nH]c12. The van der Waals surface area contributed by atoms with E-state index in [9.17, 15) is 9.90 Å². The summed E-state index contributed by atoms with van der Waals surface area (Å²) in [4.78, 5) is 22.5. The number of para-hydroxylation sites is 1. The molecule has 7 heteroatoms. The summed E-state index contributed by atoms with van der Waals surface area (Å²) in [6.45, 7) is 1.52. The van der Waals surface area contributed by atoms with E-state index >= 15 is 0 Å². The van der Waals surface area contributed by atoms with Crippen molar-refractivity contribution in [1.82, 2.24) is 9.97 Å². The minimum absolute atomic E-state index is 0.146. The van der Waals surface area contributed by atoms with E-state index in [1.807, 2.05) is 29.4 Å². The third-order valence-corrected chi connectivity index (χ3v) is 7.71. The fourth-order valence-electron chi connectivity index (χ4n) is 5.77. The molecule has 2 fully saturated rings. The fraction of sp³-hybridized carbons (Fsp3) is 0.417. The van der Waals surface area contributed by atoms with Gasteiger partial charge in [-0.15, -0.1) is 0 Å². The van der Waals surface area contributed by atoms with Crippen LogP contribution in [0.25, 0.3) is 22.0 Å². The van der Waals surface area contributed by atoms with E-state index in [0.29, 0.717) is 17.9 Å². The molecule has 2 aromatic heterocycles. The van der Waals surface area contributed by atoms with Gasteiger partial charge in [0.1, 0.15) is 5.82 Å². The van der Waals surface area contributed by atoms with Crippen LogP contribution in [0.1, 0.15) is 44.1 Å². The highest BCUT2D eigenvalue weighted by atomic mass is 35.5. The first-order chi connectivity index (χ1) is 15.1. The third-order valence-electron chi connectivity index (χ3n) is 7.32. The lowest BCUT2D eigenvalue weighted by Crippen LogP contribution is -2.35. The number of pyridine rings is 1. The van der Waals surface area contributed by atoms with Crippen LogP contribution in [0.3, 0.4) is 0 Å². The number of benzene rings is 1. The summed E-state index contributed by atoms with van der Waals surface area (Å²) in [5, 5.41) is 15.4. The van der Waals surface area contributed by atoms with Gasteiger partial charge in [-0.2, -0.15) is 0 Å². The zero-order valence-corrected chi connectivity index (χ0v) is 18.0. The van der Waals surface area contributed by atoms with E-state index in [0.717, 1.165) is 77.9 Å². The first kappa shape index (κ1) is 19.1. The van der Waals surface area contributed by atoms with Crippen molar-refractivity contribution in [3.05, 3.63) is 41.2 Å². The maximum atomic E-state index is 12.5. The summed E-state index contributed by atoms with van der Waals surface area (Å²) < 4.78 is 0. The standard InChI is InChI=1S/C24H25ClN4O2/c25-21-17(12-27-23-20(21)24(13-28-23)8-7-14(30)10-24)16-11-26-22-15(16)4-3-5-18(22)29-9-2-1-6-19(29)31/h3-5,11-12,14,26,30H,1-2,6-10,13H2,(H,27,28)/t14-,24-/m1/s1. The van der Waals surface area contributed by atoms with Gasteiger partial charge in [0.2, 0.25) is 5.91 Å². The minimum atomic E-state index is -0.287. The summed E-state index contributed by atoms with van der Waals surface area (Å²) in [6.07, 6.45) is 8.52. The molecule has 3 aromatic rings. The molecule has 6 rings (SSSR count). The summed E-state index contributed by atoms with van der Waals surface area (Å²) in [5.41, 5.74) is 4.65. The number of piperidine rings is 1. The van der Waals surface area contributed by atoms with Crippen LogP contribution in [0.15, 0.2) is 30.6 Å². The van der Waals surface area contributed by atoms with Crippen LogP contribution in [0.4, 0.5) is 11.5 Å². The number of carbonyl (C=O) groups is 1. The number of aromatic amines is 1. The first-order valence-electron chi connectivity index (χ1n) is 11.1. The van der Waals surface area contributed by atoms with Crippen molar-refractivity contribution in [3.63, 3.8) is 0 Å². The van der Waals surface area contributed by atoms with Gasteiger partial charge in [-0.1, -0.05) is 23.7 Å². The van der Waals surface area contributed by atoms with Gasteiger partial charge in [0, 0.05) is 59.4 Å². The molecule has 2 atom stereocenters. The third kappa shape index (κ3) is 2.81. The largest absolute Gasteiger partial charge is 0.393 e. The molecule has 1 saturated carbocycles. The quantitative estimate of drug-likeness (QED) is 0.548. The molecule has 1 aromatic carbocycles. The van der Waals surface area contributed by atoms with Gasteiger partial charge in [0.25, 0.3) is 0 Å². The van der Waals surface area contributed by atoms with Crippen LogP contribution in [0.2, 0.25) is 5.02 Å². The number of aliphatic hydroxyl groups excluding tert-OH is 1. The molecule has 1 spiro atoms. The average molecular weight is 437 g/mol. The molecule has 0 radical (unpaired) electrons. The highest BCUT2D eigenvalue weighted by molar-refractivity contribution is 6.35. The molecule has 3 aliphatic rings. The maximum absolute atomic E-state index is 12.5. The predicted octanol–water partition coefficient (Wildman–Crippen LogP) is 4.61. The van der Waals surface area contributed by atoms with Crippen LogP contribution >= 0.6 is 11.6 Å². The summed E-state index contributed by atoms with van der Waals surface area (Å²) in [7, 11) is 0. The minimum Gasteiger partial charge on any atom is -0.393 e. The van der Waals surface area contributed by atoms with Gasteiger partial charge >= 0.3 is 0 Å². The number of aliphatic hydroxyl groups is 1. The van der Waals surface area contributed by atoms with Gasteiger partial charge in [-0.05, 0) is 38.2 Å². The smallest absolute Gasteiger partial charge is 0.227 e. The molecule has 6 nitrogen and oxygen atoms in total. The second kappa shape index (κ2) is 6.97. The molecule has 31 heavy (non-hydrogen) atoms. The molecule has 1 amide bonds. The summed E-state index contributed by atoms with van der Waals surface area (Å²) in [5.74, 6) is 1.02. The lowest BCUT2D eigenvalue weighted by atomic mass is 9.80. The van der Waals surface area contributed by atoms with Crippen LogP contribution < -0.4 is 10.2 Å². The molecule has 0 unspecified atom stereocenters. The van der Waals surface area contributed by atoms with E-state index in [-0.39, 0.29) is 17.4 Å². The molecule has 0 bridgehead atoms. The molecule has 1 saturated heterocycles. The van der Waals surface area contributed by atoms with Gasteiger partial charge in [0.15, 0.2) is 0 Å². The van der Waals surface area contributed by atoms with Crippen molar-refractivity contribution < 1.29 is 9.90 Å². The van der Waals surface area contributed by atoms with Crippen molar-refractivity contribution >= 4 is 39.9 Å². The predicted molar refractivity (Wildman–Crippen MR) is 123 cm³/mol. The number of hydrogen-bond acceptors (Lipinski definition) is 4. The normalized spacial score (nSPS) is 25.4. The summed E-state index contributed by atoms with van der Waals surface area (Å²) >= 11 is 7.03. The average Bonchev–Trinajstić information content (AvgIpc) is 3.47. The molecule has 160 valence electrons. The maximum Gasteiger partial charge on any atom is 0.227 e. The van der Waals surface area contributed by atoms with Crippen LogP contribution in [0.5, 0.6) is 0 Å². The Morgan fingerprint density at radius 3 is 2.97 bits per heavy atom. The van der Waals surface area contributed by atoms with Crippen LogP contribution in [-0.4, -0.2) is 40.2 Å². The van der Waals surface area contributed by atoms with E-state index in [4.69, 9.17) is 16.6 Å². The van der Waals surface area contributed by atoms with E-state index < -0.39 is 0 Å². The monoisotopic (exact) mass is 436 g/mol. The molecular formula is C24H25ClN4O2. The lowest BCUT2D eigenvalue weighted by Gasteiger charge is -2.27. The second-order valence-electron chi connectivity index (χ2n) is 9.14. The fourth-order valence-corrected chi connectivity index (χ4v) is 6.21. The number of rotatable bonds is 2. The van der Waals surface area contributed by atoms with Gasteiger partial charge < -0.3 is 20.3 Å². The molecule has 4 heterocycles. The van der Waals surface area contributed by atoms with E-state index in [2.05, 4.69) is 16.4 Å². The number of aromatic nitrogens is 2. The lowest BCUT2D eigenvalue weighted by molar-refractivity contribution is -0.119. The highest BCUT2D eigenvalue weighted by Crippen LogP contribution is 2.52. The number of amides is 1. The Bertz CT molecular complexity index is 1200. The van der Waals surface area contributed by atoms with Crippen molar-refractivity contribution in [2.75, 3.05) is 23.3 Å². The zero-order valence-electron chi connectivity index (χ0n) is 17.2. The summed E-state index contributed by atoms with van der Waals surface area (Å²) in [6, 6.07) is 6.07. The number of anilines is 2. The van der Waals surface area contributed by atoms with Crippen LogP contribution in [0, 0.1) is 0 Å².